The van der Waals surface area contributed by atoms with Crippen LogP contribution in [-0.4, -0.2) is 11.7 Å². The van der Waals surface area contributed by atoms with Crippen molar-refractivity contribution < 1.29 is 9.84 Å². The maximum atomic E-state index is 9.59. The summed E-state index contributed by atoms with van der Waals surface area (Å²) in [5.41, 5.74) is 2.26. The Morgan fingerprint density at radius 3 is 3.21 bits per heavy atom. The van der Waals surface area contributed by atoms with Crippen molar-refractivity contribution in [2.24, 2.45) is 0 Å². The van der Waals surface area contributed by atoms with E-state index in [0.29, 0.717) is 6.61 Å². The molecule has 2 nitrogen and oxygen atoms in total. The van der Waals surface area contributed by atoms with Crippen LogP contribution < -0.4 is 4.74 Å². The van der Waals surface area contributed by atoms with Gasteiger partial charge in [-0.05, 0) is 36.1 Å². The number of fused-ring (bicyclic) bond motifs is 1. The molecule has 1 atom stereocenters. The Labute approximate surface area is 83.8 Å². The largest absolute Gasteiger partial charge is 0.490 e. The fourth-order valence-electron chi connectivity index (χ4n) is 1.82. The van der Waals surface area contributed by atoms with Crippen molar-refractivity contribution in [3.8, 4) is 5.75 Å². The second kappa shape index (κ2) is 3.84. The van der Waals surface area contributed by atoms with Gasteiger partial charge in [-0.25, -0.2) is 0 Å². The summed E-state index contributed by atoms with van der Waals surface area (Å²) in [6, 6.07) is 5.86. The van der Waals surface area contributed by atoms with Crippen LogP contribution in [0.4, 0.5) is 0 Å². The summed E-state index contributed by atoms with van der Waals surface area (Å²) in [4.78, 5) is 0. The third kappa shape index (κ3) is 1.66. The smallest absolute Gasteiger partial charge is 0.120 e. The lowest BCUT2D eigenvalue weighted by atomic mass is 10.1. The van der Waals surface area contributed by atoms with Gasteiger partial charge in [0.05, 0.1) is 6.10 Å². The van der Waals surface area contributed by atoms with Crippen molar-refractivity contribution in [1.82, 2.24) is 0 Å². The number of hydrogen-bond acceptors (Lipinski definition) is 2. The van der Waals surface area contributed by atoms with E-state index in [1.807, 2.05) is 18.2 Å². The molecule has 0 amide bonds. The average molecular weight is 190 g/mol. The van der Waals surface area contributed by atoms with Gasteiger partial charge >= 0.3 is 0 Å². The monoisotopic (exact) mass is 190 g/mol. The molecule has 1 aromatic rings. The molecule has 0 radical (unpaired) electrons. The van der Waals surface area contributed by atoms with Crippen LogP contribution >= 0.6 is 0 Å². The lowest BCUT2D eigenvalue weighted by molar-refractivity contribution is 0.180. The number of benzene rings is 1. The third-order valence-electron chi connectivity index (χ3n) is 2.53. The highest BCUT2D eigenvalue weighted by Crippen LogP contribution is 2.33. The Morgan fingerprint density at radius 2 is 2.43 bits per heavy atom. The molecule has 74 valence electrons. The molecule has 1 aliphatic carbocycles. The maximum absolute atomic E-state index is 9.59. The SMILES string of the molecule is C=CCOc1ccc2c(c1)CCC2O. The summed E-state index contributed by atoms with van der Waals surface area (Å²) in [5.74, 6) is 0.859. The quantitative estimate of drug-likeness (QED) is 0.740. The number of aliphatic hydroxyl groups is 1. The summed E-state index contributed by atoms with van der Waals surface area (Å²) in [6.45, 7) is 4.12. The van der Waals surface area contributed by atoms with Crippen LogP contribution in [0, 0.1) is 0 Å². The van der Waals surface area contributed by atoms with Crippen molar-refractivity contribution >= 4 is 0 Å². The van der Waals surface area contributed by atoms with Crippen LogP contribution in [0.1, 0.15) is 23.7 Å². The van der Waals surface area contributed by atoms with Crippen LogP contribution in [-0.2, 0) is 6.42 Å². The molecule has 2 heteroatoms. The van der Waals surface area contributed by atoms with Gasteiger partial charge in [0.15, 0.2) is 0 Å². The van der Waals surface area contributed by atoms with E-state index in [1.54, 1.807) is 6.08 Å². The van der Waals surface area contributed by atoms with Gasteiger partial charge in [-0.1, -0.05) is 18.7 Å². The first-order valence-electron chi connectivity index (χ1n) is 4.86. The highest BCUT2D eigenvalue weighted by molar-refractivity contribution is 5.39. The van der Waals surface area contributed by atoms with Gasteiger partial charge in [-0.15, -0.1) is 0 Å². The first-order valence-corrected chi connectivity index (χ1v) is 4.86. The molecule has 0 spiro atoms. The molecule has 1 aliphatic rings. The zero-order valence-corrected chi connectivity index (χ0v) is 8.07. The topological polar surface area (TPSA) is 29.5 Å². The minimum absolute atomic E-state index is 0.279. The van der Waals surface area contributed by atoms with Gasteiger partial charge in [0.1, 0.15) is 12.4 Å². The fourth-order valence-corrected chi connectivity index (χ4v) is 1.82. The molecule has 2 rings (SSSR count). The van der Waals surface area contributed by atoms with E-state index in [2.05, 4.69) is 6.58 Å². The molecule has 0 heterocycles. The third-order valence-corrected chi connectivity index (χ3v) is 2.53. The Hall–Kier alpha value is -1.28. The lowest BCUT2D eigenvalue weighted by Gasteiger charge is -2.07. The van der Waals surface area contributed by atoms with Crippen LogP contribution in [0.15, 0.2) is 30.9 Å². The zero-order chi connectivity index (χ0) is 9.97. The van der Waals surface area contributed by atoms with Crippen molar-refractivity contribution in [3.05, 3.63) is 42.0 Å². The Kier molecular flexibility index (Phi) is 2.55. The normalized spacial score (nSPS) is 19.1. The summed E-state index contributed by atoms with van der Waals surface area (Å²) in [5, 5.41) is 9.59. The maximum Gasteiger partial charge on any atom is 0.120 e. The minimum Gasteiger partial charge on any atom is -0.490 e. The molecule has 0 saturated carbocycles. The van der Waals surface area contributed by atoms with Crippen LogP contribution in [0.25, 0.3) is 0 Å². The first kappa shape index (κ1) is 9.28. The van der Waals surface area contributed by atoms with E-state index in [4.69, 9.17) is 4.74 Å². The van der Waals surface area contributed by atoms with Gasteiger partial charge in [0, 0.05) is 0 Å². The van der Waals surface area contributed by atoms with Gasteiger partial charge in [-0.2, -0.15) is 0 Å². The van der Waals surface area contributed by atoms with Crippen molar-refractivity contribution in [3.63, 3.8) is 0 Å². The molecule has 0 bridgehead atoms. The molecule has 14 heavy (non-hydrogen) atoms. The number of rotatable bonds is 3. The molecule has 0 saturated heterocycles. The highest BCUT2D eigenvalue weighted by Gasteiger charge is 2.19. The molecule has 0 aromatic heterocycles. The van der Waals surface area contributed by atoms with E-state index < -0.39 is 0 Å². The molecular formula is C12H14O2. The number of aliphatic hydroxyl groups excluding tert-OH is 1. The van der Waals surface area contributed by atoms with Crippen molar-refractivity contribution in [2.75, 3.05) is 6.61 Å². The summed E-state index contributed by atoms with van der Waals surface area (Å²) >= 11 is 0. The predicted molar refractivity (Wildman–Crippen MR) is 55.4 cm³/mol. The second-order valence-corrected chi connectivity index (χ2v) is 3.51. The van der Waals surface area contributed by atoms with Gasteiger partial charge < -0.3 is 9.84 Å². The van der Waals surface area contributed by atoms with Crippen LogP contribution in [0.3, 0.4) is 0 Å². The Balaban J connectivity index is 2.19. The Morgan fingerprint density at radius 1 is 1.57 bits per heavy atom. The molecule has 1 unspecified atom stereocenters. The number of hydrogen-bond donors (Lipinski definition) is 1. The molecule has 1 N–H and O–H groups in total. The first-order chi connectivity index (χ1) is 6.81. The molecular weight excluding hydrogens is 176 g/mol. The fraction of sp³-hybridized carbons (Fsp3) is 0.333. The highest BCUT2D eigenvalue weighted by atomic mass is 16.5. The minimum atomic E-state index is -0.279. The number of ether oxygens (including phenoxy) is 1. The molecule has 1 aromatic carbocycles. The van der Waals surface area contributed by atoms with E-state index >= 15 is 0 Å². The van der Waals surface area contributed by atoms with Gasteiger partial charge in [0.2, 0.25) is 0 Å². The van der Waals surface area contributed by atoms with Crippen LogP contribution in [0.5, 0.6) is 5.75 Å². The number of aryl methyl sites for hydroxylation is 1. The summed E-state index contributed by atoms with van der Waals surface area (Å²) in [6.07, 6.45) is 3.22. The second-order valence-electron chi connectivity index (χ2n) is 3.51. The van der Waals surface area contributed by atoms with Crippen molar-refractivity contribution in [1.29, 1.82) is 0 Å². The van der Waals surface area contributed by atoms with Crippen LogP contribution in [0.2, 0.25) is 0 Å². The zero-order valence-electron chi connectivity index (χ0n) is 8.07. The van der Waals surface area contributed by atoms with E-state index in [-0.39, 0.29) is 6.10 Å². The standard InChI is InChI=1S/C12H14O2/c1-2-7-14-10-4-5-11-9(8-10)3-6-12(11)13/h2,4-5,8,12-13H,1,3,6-7H2. The predicted octanol–water partition coefficient (Wildman–Crippen LogP) is 2.23. The summed E-state index contributed by atoms with van der Waals surface area (Å²) in [7, 11) is 0. The molecule has 0 aliphatic heterocycles. The van der Waals surface area contributed by atoms with E-state index in [1.165, 1.54) is 5.56 Å². The molecule has 0 fully saturated rings. The van der Waals surface area contributed by atoms with Crippen molar-refractivity contribution in [2.45, 2.75) is 18.9 Å². The van der Waals surface area contributed by atoms with Gasteiger partial charge in [-0.3, -0.25) is 0 Å². The van der Waals surface area contributed by atoms with Gasteiger partial charge in [0.25, 0.3) is 0 Å². The average Bonchev–Trinajstić information content (AvgIpc) is 2.57. The van der Waals surface area contributed by atoms with E-state index in [9.17, 15) is 5.11 Å². The lowest BCUT2D eigenvalue weighted by Crippen LogP contribution is -1.95. The summed E-state index contributed by atoms with van der Waals surface area (Å²) < 4.78 is 5.42. The van der Waals surface area contributed by atoms with E-state index in [0.717, 1.165) is 24.2 Å². The Bertz CT molecular complexity index is 344.